The molecule has 0 radical (unpaired) electrons. The van der Waals surface area contributed by atoms with Crippen molar-refractivity contribution in [2.24, 2.45) is 11.7 Å². The van der Waals surface area contributed by atoms with E-state index in [9.17, 15) is 18.4 Å². The Morgan fingerprint density at radius 3 is 2.46 bits per heavy atom. The Hall–Kier alpha value is -5.36. The molecular weight excluding hydrogens is 584 g/mol. The molecule has 234 valence electrons. The SMILES string of the molecule is CC#Cc1ccc(Cn2ccc3cc(-c4c(C(N)=O)c(CC(C)C)nc5c4C(=O)NC5C)cnc32)cc1F.Cc1ccc(F)cc1. The third kappa shape index (κ3) is 6.66. The first-order chi connectivity index (χ1) is 22.0. The zero-order valence-corrected chi connectivity index (χ0v) is 26.4. The van der Waals surface area contributed by atoms with Crippen LogP contribution in [0.25, 0.3) is 22.2 Å². The number of hydrogen-bond donors (Lipinski definition) is 2. The molecule has 6 rings (SSSR count). The number of primary amides is 1. The number of aryl methyl sites for hydroxylation is 1. The van der Waals surface area contributed by atoms with Crippen molar-refractivity contribution in [3.63, 3.8) is 0 Å². The highest BCUT2D eigenvalue weighted by molar-refractivity contribution is 6.11. The van der Waals surface area contributed by atoms with Crippen LogP contribution in [-0.2, 0) is 13.0 Å². The van der Waals surface area contributed by atoms with Crippen molar-refractivity contribution in [3.8, 4) is 23.0 Å². The molecule has 0 aliphatic carbocycles. The van der Waals surface area contributed by atoms with E-state index < -0.39 is 5.91 Å². The summed E-state index contributed by atoms with van der Waals surface area (Å²) >= 11 is 0. The maximum atomic E-state index is 14.4. The van der Waals surface area contributed by atoms with Crippen LogP contribution in [-0.4, -0.2) is 26.3 Å². The maximum Gasteiger partial charge on any atom is 0.254 e. The number of hydrogen-bond acceptors (Lipinski definition) is 4. The highest BCUT2D eigenvalue weighted by atomic mass is 19.1. The molecule has 7 nitrogen and oxygen atoms in total. The normalized spacial score (nSPS) is 13.5. The summed E-state index contributed by atoms with van der Waals surface area (Å²) in [5.41, 5.74) is 11.7. The first-order valence-electron chi connectivity index (χ1n) is 15.0. The smallest absolute Gasteiger partial charge is 0.254 e. The number of benzene rings is 2. The molecule has 3 aromatic heterocycles. The summed E-state index contributed by atoms with van der Waals surface area (Å²) < 4.78 is 28.4. The highest BCUT2D eigenvalue weighted by Crippen LogP contribution is 2.38. The van der Waals surface area contributed by atoms with Gasteiger partial charge in [0.25, 0.3) is 11.8 Å². The predicted molar refractivity (Wildman–Crippen MR) is 175 cm³/mol. The topological polar surface area (TPSA) is 103 Å². The van der Waals surface area contributed by atoms with Crippen LogP contribution in [0, 0.1) is 36.3 Å². The lowest BCUT2D eigenvalue weighted by Crippen LogP contribution is -2.20. The third-order valence-corrected chi connectivity index (χ3v) is 7.68. The van der Waals surface area contributed by atoms with E-state index in [-0.39, 0.29) is 35.1 Å². The molecule has 46 heavy (non-hydrogen) atoms. The molecule has 1 atom stereocenters. The van der Waals surface area contributed by atoms with E-state index in [0.29, 0.717) is 52.3 Å². The summed E-state index contributed by atoms with van der Waals surface area (Å²) in [5, 5.41) is 3.72. The molecule has 0 saturated carbocycles. The van der Waals surface area contributed by atoms with E-state index in [1.807, 2.05) is 56.7 Å². The van der Waals surface area contributed by atoms with Gasteiger partial charge < -0.3 is 15.6 Å². The van der Waals surface area contributed by atoms with Gasteiger partial charge in [-0.25, -0.2) is 13.8 Å². The van der Waals surface area contributed by atoms with Crippen LogP contribution in [0.4, 0.5) is 8.78 Å². The van der Waals surface area contributed by atoms with E-state index >= 15 is 0 Å². The molecule has 2 amide bonds. The predicted octanol–water partition coefficient (Wildman–Crippen LogP) is 6.89. The molecule has 0 saturated heterocycles. The molecule has 1 aliphatic rings. The van der Waals surface area contributed by atoms with Gasteiger partial charge in [0.05, 0.1) is 34.1 Å². The van der Waals surface area contributed by atoms with Crippen molar-refractivity contribution in [3.05, 3.63) is 118 Å². The lowest BCUT2D eigenvalue weighted by Gasteiger charge is -2.17. The second-order valence-corrected chi connectivity index (χ2v) is 11.8. The summed E-state index contributed by atoms with van der Waals surface area (Å²) in [4.78, 5) is 35.1. The van der Waals surface area contributed by atoms with Crippen molar-refractivity contribution in [2.75, 3.05) is 0 Å². The Balaban J connectivity index is 0.000000455. The first kappa shape index (κ1) is 32.0. The van der Waals surface area contributed by atoms with E-state index in [2.05, 4.69) is 22.1 Å². The fourth-order valence-corrected chi connectivity index (χ4v) is 5.59. The zero-order valence-electron chi connectivity index (χ0n) is 26.4. The second kappa shape index (κ2) is 13.3. The minimum Gasteiger partial charge on any atom is -0.366 e. The second-order valence-electron chi connectivity index (χ2n) is 11.8. The molecule has 0 spiro atoms. The van der Waals surface area contributed by atoms with Crippen molar-refractivity contribution in [2.45, 2.75) is 53.6 Å². The average Bonchev–Trinajstić information content (AvgIpc) is 3.53. The van der Waals surface area contributed by atoms with Gasteiger partial charge >= 0.3 is 0 Å². The molecule has 1 aliphatic heterocycles. The number of rotatable bonds is 6. The molecule has 9 heteroatoms. The van der Waals surface area contributed by atoms with Crippen LogP contribution in [0.5, 0.6) is 0 Å². The minimum absolute atomic E-state index is 0.171. The van der Waals surface area contributed by atoms with Crippen LogP contribution in [0.2, 0.25) is 0 Å². The van der Waals surface area contributed by atoms with E-state index in [1.54, 1.807) is 31.3 Å². The number of halogens is 2. The monoisotopic (exact) mass is 619 g/mol. The van der Waals surface area contributed by atoms with Gasteiger partial charge in [-0.05, 0) is 75.1 Å². The molecule has 2 aromatic carbocycles. The van der Waals surface area contributed by atoms with Crippen molar-refractivity contribution < 1.29 is 18.4 Å². The molecule has 5 aromatic rings. The van der Waals surface area contributed by atoms with Crippen LogP contribution in [0.15, 0.2) is 67.0 Å². The average molecular weight is 620 g/mol. The van der Waals surface area contributed by atoms with Gasteiger partial charge in [-0.2, -0.15) is 0 Å². The number of nitrogens with zero attached hydrogens (tertiary/aromatic N) is 3. The Kier molecular flexibility index (Phi) is 9.28. The first-order valence-corrected chi connectivity index (χ1v) is 15.0. The Morgan fingerprint density at radius 2 is 1.83 bits per heavy atom. The zero-order chi connectivity index (χ0) is 33.1. The number of carbonyl (C=O) groups excluding carboxylic acids is 2. The standard InChI is InChI=1S/C30H28FN5O2.C7H7F/c1-5-6-19-8-7-18(12-22(19)31)15-36-10-9-20-13-21(14-33-29(20)36)24-25(28(32)37)23(11-16(2)3)35-27-17(4)34-30(38)26(24)27;1-6-2-4-7(8)5-3-6/h7-10,12-14,16-17H,11,15H2,1-4H3,(H2,32,37)(H,34,38);2-5H,1H3. The molecular formula is C37H35F2N5O2. The Bertz CT molecular complexity index is 2000. The fraction of sp³-hybridized carbons (Fsp3) is 0.243. The summed E-state index contributed by atoms with van der Waals surface area (Å²) in [6, 6.07) is 14.9. The Morgan fingerprint density at radius 1 is 1.09 bits per heavy atom. The van der Waals surface area contributed by atoms with Crippen LogP contribution in [0.3, 0.4) is 0 Å². The summed E-state index contributed by atoms with van der Waals surface area (Å²) in [6.07, 6.45) is 4.07. The van der Waals surface area contributed by atoms with Gasteiger partial charge in [0.2, 0.25) is 0 Å². The number of amides is 2. The molecule has 3 N–H and O–H groups in total. The van der Waals surface area contributed by atoms with Gasteiger partial charge in [-0.1, -0.05) is 43.5 Å². The number of aromatic nitrogens is 3. The highest BCUT2D eigenvalue weighted by Gasteiger charge is 2.35. The summed E-state index contributed by atoms with van der Waals surface area (Å²) in [5.74, 6) is 4.25. The molecule has 1 unspecified atom stereocenters. The van der Waals surface area contributed by atoms with Crippen molar-refractivity contribution in [1.29, 1.82) is 0 Å². The lowest BCUT2D eigenvalue weighted by molar-refractivity contribution is 0.0958. The third-order valence-electron chi connectivity index (χ3n) is 7.68. The maximum absolute atomic E-state index is 14.4. The number of nitrogens with one attached hydrogen (secondary N) is 1. The van der Waals surface area contributed by atoms with Crippen molar-refractivity contribution >= 4 is 22.8 Å². The summed E-state index contributed by atoms with van der Waals surface area (Å²) in [7, 11) is 0. The summed E-state index contributed by atoms with van der Waals surface area (Å²) in [6.45, 7) is 9.97. The number of pyridine rings is 2. The lowest BCUT2D eigenvalue weighted by atomic mass is 9.90. The van der Waals surface area contributed by atoms with Gasteiger partial charge in [0.15, 0.2) is 0 Å². The van der Waals surface area contributed by atoms with E-state index in [0.717, 1.165) is 16.5 Å². The van der Waals surface area contributed by atoms with Gasteiger partial charge in [0, 0.05) is 35.5 Å². The van der Waals surface area contributed by atoms with Crippen LogP contribution >= 0.6 is 0 Å². The fourth-order valence-electron chi connectivity index (χ4n) is 5.59. The molecule has 4 heterocycles. The Labute approximate surface area is 266 Å². The molecule has 0 fully saturated rings. The van der Waals surface area contributed by atoms with Gasteiger partial charge in [-0.3, -0.25) is 14.6 Å². The van der Waals surface area contributed by atoms with E-state index in [4.69, 9.17) is 10.7 Å². The van der Waals surface area contributed by atoms with Crippen LogP contribution < -0.4 is 11.1 Å². The largest absolute Gasteiger partial charge is 0.366 e. The number of carbonyl (C=O) groups is 2. The quantitative estimate of drug-likeness (QED) is 0.202. The number of fused-ring (bicyclic) bond motifs is 2. The van der Waals surface area contributed by atoms with Crippen LogP contribution in [0.1, 0.15) is 82.5 Å². The number of nitrogens with two attached hydrogens (primary N) is 1. The van der Waals surface area contributed by atoms with Crippen molar-refractivity contribution in [1.82, 2.24) is 19.9 Å². The van der Waals surface area contributed by atoms with Gasteiger partial charge in [0.1, 0.15) is 17.3 Å². The molecule has 0 bridgehead atoms. The van der Waals surface area contributed by atoms with E-state index in [1.165, 1.54) is 18.2 Å². The minimum atomic E-state index is -0.630. The van der Waals surface area contributed by atoms with Gasteiger partial charge in [-0.15, -0.1) is 5.92 Å².